The predicted molar refractivity (Wildman–Crippen MR) is 87.8 cm³/mol. The van der Waals surface area contributed by atoms with Gasteiger partial charge < -0.3 is 5.32 Å². The molecule has 1 saturated heterocycles. The molecule has 6 heteroatoms. The van der Waals surface area contributed by atoms with Gasteiger partial charge >= 0.3 is 0 Å². The summed E-state index contributed by atoms with van der Waals surface area (Å²) in [5.41, 5.74) is 2.76. The summed E-state index contributed by atoms with van der Waals surface area (Å²) in [6, 6.07) is 5.71. The van der Waals surface area contributed by atoms with Gasteiger partial charge in [-0.3, -0.25) is 19.3 Å². The zero-order valence-electron chi connectivity index (χ0n) is 13.2. The largest absolute Gasteiger partial charge is 0.325 e. The van der Waals surface area contributed by atoms with Crippen molar-refractivity contribution >= 4 is 35.2 Å². The van der Waals surface area contributed by atoms with Crippen LogP contribution in [-0.2, 0) is 14.4 Å². The van der Waals surface area contributed by atoms with Crippen molar-refractivity contribution in [1.29, 1.82) is 0 Å². The lowest BCUT2D eigenvalue weighted by atomic mass is 10.1. The summed E-state index contributed by atoms with van der Waals surface area (Å²) in [7, 11) is 0. The minimum Gasteiger partial charge on any atom is -0.325 e. The summed E-state index contributed by atoms with van der Waals surface area (Å²) in [4.78, 5) is 37.4. The zero-order valence-corrected chi connectivity index (χ0v) is 14.0. The van der Waals surface area contributed by atoms with E-state index in [1.807, 2.05) is 32.0 Å². The minimum absolute atomic E-state index is 0.236. The number of rotatable bonds is 3. The summed E-state index contributed by atoms with van der Waals surface area (Å²) < 4.78 is 0. The molecule has 1 aliphatic rings. The Morgan fingerprint density at radius 2 is 1.59 bits per heavy atom. The van der Waals surface area contributed by atoms with Gasteiger partial charge in [-0.15, -0.1) is 11.8 Å². The first kappa shape index (κ1) is 16.5. The van der Waals surface area contributed by atoms with Gasteiger partial charge in [0.2, 0.25) is 17.7 Å². The van der Waals surface area contributed by atoms with Crippen LogP contribution in [0.25, 0.3) is 0 Å². The zero-order chi connectivity index (χ0) is 16.4. The highest BCUT2D eigenvalue weighted by Gasteiger charge is 2.37. The van der Waals surface area contributed by atoms with E-state index in [1.165, 1.54) is 11.8 Å². The topological polar surface area (TPSA) is 66.5 Å². The molecule has 0 saturated carbocycles. The van der Waals surface area contributed by atoms with Gasteiger partial charge in [0.15, 0.2) is 0 Å². The van der Waals surface area contributed by atoms with Gasteiger partial charge in [-0.25, -0.2) is 0 Å². The van der Waals surface area contributed by atoms with Crippen LogP contribution < -0.4 is 5.32 Å². The number of carbonyl (C=O) groups is 3. The van der Waals surface area contributed by atoms with E-state index in [-0.39, 0.29) is 34.8 Å². The molecule has 0 unspecified atom stereocenters. The maximum atomic E-state index is 12.1. The predicted octanol–water partition coefficient (Wildman–Crippen LogP) is 2.12. The van der Waals surface area contributed by atoms with E-state index in [0.717, 1.165) is 16.0 Å². The Hall–Kier alpha value is -1.82. The van der Waals surface area contributed by atoms with Gasteiger partial charge in [-0.1, -0.05) is 6.07 Å². The molecule has 1 aromatic carbocycles. The third-order valence-corrected chi connectivity index (χ3v) is 4.66. The van der Waals surface area contributed by atoms with Gasteiger partial charge in [0.05, 0.1) is 10.5 Å². The van der Waals surface area contributed by atoms with Crippen LogP contribution in [0.4, 0.5) is 5.69 Å². The van der Waals surface area contributed by atoms with Crippen molar-refractivity contribution in [1.82, 2.24) is 4.90 Å². The van der Waals surface area contributed by atoms with Gasteiger partial charge in [0, 0.05) is 5.69 Å². The fourth-order valence-electron chi connectivity index (χ4n) is 2.52. The van der Waals surface area contributed by atoms with Gasteiger partial charge in [0.1, 0.15) is 6.54 Å². The molecule has 1 aromatic rings. The van der Waals surface area contributed by atoms with Crippen LogP contribution in [0.15, 0.2) is 18.2 Å². The summed E-state index contributed by atoms with van der Waals surface area (Å²) in [6.07, 6.45) is 0. The van der Waals surface area contributed by atoms with E-state index >= 15 is 0 Å². The van der Waals surface area contributed by atoms with Crippen molar-refractivity contribution in [3.05, 3.63) is 29.3 Å². The first-order valence-electron chi connectivity index (χ1n) is 7.16. The minimum atomic E-state index is -0.363. The lowest BCUT2D eigenvalue weighted by molar-refractivity contribution is -0.147. The molecule has 1 fully saturated rings. The van der Waals surface area contributed by atoms with E-state index in [0.29, 0.717) is 5.69 Å². The number of imide groups is 1. The lowest BCUT2D eigenvalue weighted by Crippen LogP contribution is -2.52. The number of anilines is 1. The monoisotopic (exact) mass is 320 g/mol. The van der Waals surface area contributed by atoms with Crippen LogP contribution in [-0.4, -0.2) is 39.7 Å². The summed E-state index contributed by atoms with van der Waals surface area (Å²) in [5, 5.41) is 2.14. The number of amides is 3. The molecule has 3 amide bonds. The second-order valence-electron chi connectivity index (χ2n) is 5.61. The summed E-state index contributed by atoms with van der Waals surface area (Å²) in [5.74, 6) is -0.967. The Morgan fingerprint density at radius 3 is 2.09 bits per heavy atom. The Morgan fingerprint density at radius 1 is 1.09 bits per heavy atom. The third-order valence-electron chi connectivity index (χ3n) is 3.44. The van der Waals surface area contributed by atoms with E-state index in [9.17, 15) is 14.4 Å². The highest BCUT2D eigenvalue weighted by atomic mass is 32.2. The van der Waals surface area contributed by atoms with Crippen LogP contribution in [0.1, 0.15) is 25.0 Å². The van der Waals surface area contributed by atoms with E-state index < -0.39 is 0 Å². The lowest BCUT2D eigenvalue weighted by Gasteiger charge is -2.31. The fourth-order valence-corrected chi connectivity index (χ4v) is 3.62. The maximum absolute atomic E-state index is 12.1. The molecule has 0 bridgehead atoms. The van der Waals surface area contributed by atoms with Gasteiger partial charge in [-0.05, 0) is 51.0 Å². The standard InChI is InChI=1S/C16H20N2O3S/c1-9-5-10(2)7-13(6-9)17-14(19)8-18-15(20)11(3)22-12(4)16(18)21/h5-7,11-12H,8H2,1-4H3,(H,17,19)/t11-,12-/m0/s1. The number of nitrogens with one attached hydrogen (secondary N) is 1. The van der Waals surface area contributed by atoms with Gasteiger partial charge in [-0.2, -0.15) is 0 Å². The Bertz CT molecular complexity index is 590. The molecule has 5 nitrogen and oxygen atoms in total. The van der Waals surface area contributed by atoms with Crippen molar-refractivity contribution in [3.63, 3.8) is 0 Å². The van der Waals surface area contributed by atoms with Crippen molar-refractivity contribution in [2.24, 2.45) is 0 Å². The van der Waals surface area contributed by atoms with Crippen LogP contribution in [0, 0.1) is 13.8 Å². The van der Waals surface area contributed by atoms with E-state index in [1.54, 1.807) is 13.8 Å². The van der Waals surface area contributed by atoms with Crippen molar-refractivity contribution in [2.75, 3.05) is 11.9 Å². The molecule has 0 radical (unpaired) electrons. The maximum Gasteiger partial charge on any atom is 0.244 e. The Labute approximate surface area is 134 Å². The second-order valence-corrected chi connectivity index (χ2v) is 7.29. The van der Waals surface area contributed by atoms with E-state index in [4.69, 9.17) is 0 Å². The molecule has 2 atom stereocenters. The molecule has 118 valence electrons. The normalized spacial score (nSPS) is 21.9. The highest BCUT2D eigenvalue weighted by molar-refractivity contribution is 8.02. The van der Waals surface area contributed by atoms with Crippen LogP contribution in [0.2, 0.25) is 0 Å². The Balaban J connectivity index is 2.07. The third kappa shape index (κ3) is 3.68. The fraction of sp³-hybridized carbons (Fsp3) is 0.438. The average molecular weight is 320 g/mol. The van der Waals surface area contributed by atoms with Crippen molar-refractivity contribution < 1.29 is 14.4 Å². The first-order chi connectivity index (χ1) is 10.3. The molecular formula is C16H20N2O3S. The van der Waals surface area contributed by atoms with Gasteiger partial charge in [0.25, 0.3) is 0 Å². The molecule has 1 aliphatic heterocycles. The number of nitrogens with zero attached hydrogens (tertiary/aromatic N) is 1. The van der Waals surface area contributed by atoms with Crippen molar-refractivity contribution in [2.45, 2.75) is 38.2 Å². The Kier molecular flexibility index (Phi) is 4.90. The average Bonchev–Trinajstić information content (AvgIpc) is 2.40. The van der Waals surface area contributed by atoms with Crippen LogP contribution >= 0.6 is 11.8 Å². The molecule has 0 aromatic heterocycles. The van der Waals surface area contributed by atoms with E-state index in [2.05, 4.69) is 5.32 Å². The number of thioether (sulfide) groups is 1. The molecular weight excluding hydrogens is 300 g/mol. The number of hydrogen-bond donors (Lipinski definition) is 1. The molecule has 1 heterocycles. The smallest absolute Gasteiger partial charge is 0.244 e. The SMILES string of the molecule is Cc1cc(C)cc(NC(=O)CN2C(=O)[C@H](C)S[C@@H](C)C2=O)c1. The highest BCUT2D eigenvalue weighted by Crippen LogP contribution is 2.26. The van der Waals surface area contributed by atoms with Crippen LogP contribution in [0.5, 0.6) is 0 Å². The second kappa shape index (κ2) is 6.52. The molecule has 1 N–H and O–H groups in total. The molecule has 2 rings (SSSR count). The number of aryl methyl sites for hydroxylation is 2. The molecule has 22 heavy (non-hydrogen) atoms. The number of carbonyl (C=O) groups excluding carboxylic acids is 3. The van der Waals surface area contributed by atoms with Crippen molar-refractivity contribution in [3.8, 4) is 0 Å². The summed E-state index contributed by atoms with van der Waals surface area (Å²) in [6.45, 7) is 7.16. The van der Waals surface area contributed by atoms with Crippen LogP contribution in [0.3, 0.4) is 0 Å². The first-order valence-corrected chi connectivity index (χ1v) is 8.11. The summed E-state index contributed by atoms with van der Waals surface area (Å²) >= 11 is 1.32. The molecule has 0 aliphatic carbocycles. The number of hydrogen-bond acceptors (Lipinski definition) is 4. The number of benzene rings is 1. The molecule has 0 spiro atoms. The quantitative estimate of drug-likeness (QED) is 0.866.